The van der Waals surface area contributed by atoms with Gasteiger partial charge in [0.15, 0.2) is 0 Å². The van der Waals surface area contributed by atoms with Crippen molar-refractivity contribution in [1.82, 2.24) is 10.2 Å². The van der Waals surface area contributed by atoms with Crippen LogP contribution in [0.15, 0.2) is 0 Å². The molecule has 1 aliphatic heterocycles. The molecule has 3 N–H and O–H groups in total. The molecule has 2 rings (SSSR count). The number of hydrogen-bond acceptors (Lipinski definition) is 3. The van der Waals surface area contributed by atoms with E-state index in [1.165, 1.54) is 38.6 Å². The second-order valence-corrected chi connectivity index (χ2v) is 7.04. The Morgan fingerprint density at radius 3 is 2.74 bits per heavy atom. The molecular formula is C15H29N3O. The molecule has 4 nitrogen and oxygen atoms in total. The number of rotatable bonds is 6. The normalized spacial score (nSPS) is 25.8. The van der Waals surface area contributed by atoms with Crippen LogP contribution in [0.5, 0.6) is 0 Å². The maximum atomic E-state index is 11.4. The van der Waals surface area contributed by atoms with Crippen LogP contribution in [0.25, 0.3) is 0 Å². The highest BCUT2D eigenvalue weighted by atomic mass is 16.1. The van der Waals surface area contributed by atoms with Crippen LogP contribution in [-0.2, 0) is 4.79 Å². The predicted molar refractivity (Wildman–Crippen MR) is 77.8 cm³/mol. The highest BCUT2D eigenvalue weighted by Crippen LogP contribution is 2.29. The summed E-state index contributed by atoms with van der Waals surface area (Å²) in [5.41, 5.74) is 5.96. The Labute approximate surface area is 117 Å². The molecule has 2 fully saturated rings. The number of nitrogens with two attached hydrogens (primary N) is 1. The third kappa shape index (κ3) is 5.11. The lowest BCUT2D eigenvalue weighted by molar-refractivity contribution is -0.120. The van der Waals surface area contributed by atoms with E-state index in [-0.39, 0.29) is 11.9 Å². The van der Waals surface area contributed by atoms with Crippen molar-refractivity contribution in [2.75, 3.05) is 19.6 Å². The predicted octanol–water partition coefficient (Wildman–Crippen LogP) is 1.49. The van der Waals surface area contributed by atoms with Gasteiger partial charge in [0.05, 0.1) is 6.04 Å². The first-order chi connectivity index (χ1) is 8.96. The molecule has 1 aliphatic carbocycles. The minimum absolute atomic E-state index is 0.135. The average molecular weight is 267 g/mol. The van der Waals surface area contributed by atoms with E-state index >= 15 is 0 Å². The molecule has 2 aliphatic rings. The first-order valence-electron chi connectivity index (χ1n) is 7.74. The number of amides is 1. The van der Waals surface area contributed by atoms with Gasteiger partial charge in [-0.3, -0.25) is 4.79 Å². The van der Waals surface area contributed by atoms with Crippen LogP contribution in [0.2, 0.25) is 0 Å². The average Bonchev–Trinajstić information content (AvgIpc) is 3.13. The van der Waals surface area contributed by atoms with Crippen molar-refractivity contribution in [3.05, 3.63) is 0 Å². The fraction of sp³-hybridized carbons (Fsp3) is 0.933. The van der Waals surface area contributed by atoms with Gasteiger partial charge in [-0.25, -0.2) is 0 Å². The number of nitrogens with zero attached hydrogens (tertiary/aromatic N) is 1. The monoisotopic (exact) mass is 267 g/mol. The summed E-state index contributed by atoms with van der Waals surface area (Å²) in [6, 6.07) is 0.407. The summed E-state index contributed by atoms with van der Waals surface area (Å²) >= 11 is 0. The number of carbonyl (C=O) groups is 1. The summed E-state index contributed by atoms with van der Waals surface area (Å²) in [6.07, 6.45) is 7.08. The maximum absolute atomic E-state index is 11.4. The van der Waals surface area contributed by atoms with Crippen molar-refractivity contribution in [1.29, 1.82) is 0 Å². The Morgan fingerprint density at radius 1 is 1.37 bits per heavy atom. The minimum Gasteiger partial charge on any atom is -0.368 e. The molecule has 0 radical (unpaired) electrons. The fourth-order valence-electron chi connectivity index (χ4n) is 2.86. The van der Waals surface area contributed by atoms with Gasteiger partial charge in [-0.05, 0) is 57.0 Å². The molecule has 1 unspecified atom stereocenters. The summed E-state index contributed by atoms with van der Waals surface area (Å²) in [5.74, 6) is -0.193. The quantitative estimate of drug-likeness (QED) is 0.766. The summed E-state index contributed by atoms with van der Waals surface area (Å²) in [6.45, 7) is 8.03. The first kappa shape index (κ1) is 14.8. The smallest absolute Gasteiger partial charge is 0.234 e. The zero-order valence-electron chi connectivity index (χ0n) is 12.5. The lowest BCUT2D eigenvalue weighted by atomic mass is 9.85. The van der Waals surface area contributed by atoms with E-state index < -0.39 is 0 Å². The van der Waals surface area contributed by atoms with Gasteiger partial charge in [0.2, 0.25) is 5.91 Å². The fourth-order valence-corrected chi connectivity index (χ4v) is 2.86. The van der Waals surface area contributed by atoms with E-state index in [2.05, 4.69) is 24.1 Å². The Morgan fingerprint density at radius 2 is 2.11 bits per heavy atom. The number of primary amides is 1. The van der Waals surface area contributed by atoms with E-state index in [9.17, 15) is 4.79 Å². The van der Waals surface area contributed by atoms with Crippen molar-refractivity contribution in [2.24, 2.45) is 11.1 Å². The maximum Gasteiger partial charge on any atom is 0.234 e. The van der Waals surface area contributed by atoms with Crippen LogP contribution in [0.1, 0.15) is 52.4 Å². The van der Waals surface area contributed by atoms with E-state index in [1.807, 2.05) is 0 Å². The first-order valence-corrected chi connectivity index (χ1v) is 7.74. The largest absolute Gasteiger partial charge is 0.368 e. The van der Waals surface area contributed by atoms with Crippen LogP contribution in [-0.4, -0.2) is 42.5 Å². The molecule has 0 aromatic carbocycles. The van der Waals surface area contributed by atoms with Crippen molar-refractivity contribution < 1.29 is 4.79 Å². The van der Waals surface area contributed by atoms with E-state index in [0.29, 0.717) is 11.5 Å². The van der Waals surface area contributed by atoms with Gasteiger partial charge in [-0.15, -0.1) is 0 Å². The Hall–Kier alpha value is -0.610. The van der Waals surface area contributed by atoms with Crippen LogP contribution in [0.4, 0.5) is 0 Å². The minimum atomic E-state index is -0.193. The lowest BCUT2D eigenvalue weighted by Crippen LogP contribution is -2.44. The standard InChI is InChI=1S/C15H29N3O/c1-15(2)7-3-9-18(11-8-15)10-6-13(14(16)19)17-12-4-5-12/h12-13,17H,3-11H2,1-2H3,(H2,16,19). The van der Waals surface area contributed by atoms with Crippen LogP contribution < -0.4 is 11.1 Å². The molecule has 0 aromatic heterocycles. The van der Waals surface area contributed by atoms with Crippen LogP contribution in [0.3, 0.4) is 0 Å². The van der Waals surface area contributed by atoms with E-state index in [4.69, 9.17) is 5.73 Å². The second-order valence-electron chi connectivity index (χ2n) is 7.04. The molecule has 1 saturated carbocycles. The summed E-state index contributed by atoms with van der Waals surface area (Å²) in [7, 11) is 0. The molecule has 19 heavy (non-hydrogen) atoms. The Kier molecular flexibility index (Phi) is 4.85. The van der Waals surface area contributed by atoms with Gasteiger partial charge in [0.25, 0.3) is 0 Å². The topological polar surface area (TPSA) is 58.4 Å². The molecule has 110 valence electrons. The molecule has 1 atom stereocenters. The molecule has 1 amide bonds. The molecular weight excluding hydrogens is 238 g/mol. The van der Waals surface area contributed by atoms with E-state index in [1.54, 1.807) is 0 Å². The number of nitrogens with one attached hydrogen (secondary N) is 1. The van der Waals surface area contributed by atoms with Crippen molar-refractivity contribution >= 4 is 5.91 Å². The van der Waals surface area contributed by atoms with Crippen molar-refractivity contribution in [2.45, 2.75) is 64.5 Å². The van der Waals surface area contributed by atoms with Gasteiger partial charge in [-0.1, -0.05) is 13.8 Å². The van der Waals surface area contributed by atoms with Gasteiger partial charge in [-0.2, -0.15) is 0 Å². The molecule has 0 spiro atoms. The van der Waals surface area contributed by atoms with Crippen molar-refractivity contribution in [3.63, 3.8) is 0 Å². The van der Waals surface area contributed by atoms with Gasteiger partial charge < -0.3 is 16.0 Å². The van der Waals surface area contributed by atoms with Crippen LogP contribution >= 0.6 is 0 Å². The molecule has 1 saturated heterocycles. The summed E-state index contributed by atoms with van der Waals surface area (Å²) in [4.78, 5) is 13.9. The third-order valence-electron chi connectivity index (χ3n) is 4.52. The van der Waals surface area contributed by atoms with E-state index in [0.717, 1.165) is 19.5 Å². The Balaban J connectivity index is 1.74. The van der Waals surface area contributed by atoms with Gasteiger partial charge in [0, 0.05) is 12.6 Å². The molecule has 1 heterocycles. The van der Waals surface area contributed by atoms with Gasteiger partial charge in [0.1, 0.15) is 0 Å². The number of hydrogen-bond donors (Lipinski definition) is 2. The Bertz CT molecular complexity index is 313. The molecule has 4 heteroatoms. The SMILES string of the molecule is CC1(C)CCCN(CCC(NC2CC2)C(N)=O)CC1. The zero-order chi connectivity index (χ0) is 13.9. The van der Waals surface area contributed by atoms with Gasteiger partial charge >= 0.3 is 0 Å². The molecule has 0 aromatic rings. The highest BCUT2D eigenvalue weighted by Gasteiger charge is 2.28. The summed E-state index contributed by atoms with van der Waals surface area (Å²) < 4.78 is 0. The van der Waals surface area contributed by atoms with Crippen molar-refractivity contribution in [3.8, 4) is 0 Å². The third-order valence-corrected chi connectivity index (χ3v) is 4.52. The lowest BCUT2D eigenvalue weighted by Gasteiger charge is -2.24. The molecule has 0 bridgehead atoms. The second kappa shape index (κ2) is 6.23. The van der Waals surface area contributed by atoms with Crippen LogP contribution in [0, 0.1) is 5.41 Å². The number of carbonyl (C=O) groups excluding carboxylic acids is 1. The summed E-state index contributed by atoms with van der Waals surface area (Å²) in [5, 5.41) is 3.36. The highest BCUT2D eigenvalue weighted by molar-refractivity contribution is 5.79. The number of likely N-dealkylation sites (tertiary alicyclic amines) is 1. The zero-order valence-corrected chi connectivity index (χ0v) is 12.5.